The highest BCUT2D eigenvalue weighted by molar-refractivity contribution is 5.55. The van der Waals surface area contributed by atoms with Crippen LogP contribution in [0.3, 0.4) is 0 Å². The van der Waals surface area contributed by atoms with E-state index in [0.29, 0.717) is 0 Å². The zero-order valence-corrected chi connectivity index (χ0v) is 21.3. The van der Waals surface area contributed by atoms with Crippen molar-refractivity contribution in [2.75, 3.05) is 61.0 Å². The number of aromatic nitrogens is 2. The Labute approximate surface area is 216 Å². The molecule has 3 heterocycles. The summed E-state index contributed by atoms with van der Waals surface area (Å²) >= 11 is 0. The molecule has 0 radical (unpaired) electrons. The predicted octanol–water partition coefficient (Wildman–Crippen LogP) is 3.86. The zero-order chi connectivity index (χ0) is 25.9. The summed E-state index contributed by atoms with van der Waals surface area (Å²) in [7, 11) is 2.06. The summed E-state index contributed by atoms with van der Waals surface area (Å²) in [5.74, 6) is 1.53. The van der Waals surface area contributed by atoms with Crippen LogP contribution in [0.5, 0.6) is 0 Å². The Hall–Kier alpha value is -3.79. The molecule has 0 spiro atoms. The Morgan fingerprint density at radius 3 is 2.30 bits per heavy atom. The number of nitrogens with zero attached hydrogens (tertiary/aromatic N) is 7. The number of nitro groups is 1. The Bertz CT molecular complexity index is 1240. The van der Waals surface area contributed by atoms with E-state index < -0.39 is 0 Å². The van der Waals surface area contributed by atoms with Gasteiger partial charge in [0.25, 0.3) is 5.69 Å². The van der Waals surface area contributed by atoms with Crippen LogP contribution in [0.2, 0.25) is 0 Å². The standard InChI is InChI=1S/C27H32FN7O2/c1-3-31(2)26-24-19-32(18-20-4-8-23(9-5-20)35(36)37)13-12-25(24)29-27(30-26)34-16-14-33(15-17-34)22-10-6-21(28)7-11-22/h4-11H,3,12-19H2,1-2H3. The van der Waals surface area contributed by atoms with Crippen molar-refractivity contribution in [3.63, 3.8) is 0 Å². The Morgan fingerprint density at radius 2 is 1.65 bits per heavy atom. The summed E-state index contributed by atoms with van der Waals surface area (Å²) in [6, 6.07) is 13.5. The van der Waals surface area contributed by atoms with Gasteiger partial charge in [0.15, 0.2) is 0 Å². The molecular formula is C27H32FN7O2. The molecule has 2 aliphatic heterocycles. The molecule has 1 fully saturated rings. The summed E-state index contributed by atoms with van der Waals surface area (Å²) in [5.41, 5.74) is 4.45. The van der Waals surface area contributed by atoms with E-state index in [1.807, 2.05) is 24.3 Å². The third-order valence-electron chi connectivity index (χ3n) is 7.25. The van der Waals surface area contributed by atoms with Crippen LogP contribution in [0.25, 0.3) is 0 Å². The molecule has 37 heavy (non-hydrogen) atoms. The van der Waals surface area contributed by atoms with Crippen molar-refractivity contribution in [1.82, 2.24) is 14.9 Å². The lowest BCUT2D eigenvalue weighted by atomic mass is 10.0. The van der Waals surface area contributed by atoms with Crippen LogP contribution >= 0.6 is 0 Å². The molecule has 2 aliphatic rings. The first-order valence-electron chi connectivity index (χ1n) is 12.7. The van der Waals surface area contributed by atoms with Crippen molar-refractivity contribution < 1.29 is 9.31 Å². The number of hydrogen-bond donors (Lipinski definition) is 0. The average Bonchev–Trinajstić information content (AvgIpc) is 2.93. The fraction of sp³-hybridized carbons (Fsp3) is 0.407. The van der Waals surface area contributed by atoms with Crippen LogP contribution < -0.4 is 14.7 Å². The third kappa shape index (κ3) is 5.48. The Kier molecular flexibility index (Phi) is 7.18. The van der Waals surface area contributed by atoms with E-state index in [1.165, 1.54) is 12.1 Å². The number of nitro benzene ring substituents is 1. The third-order valence-corrected chi connectivity index (χ3v) is 7.25. The fourth-order valence-corrected chi connectivity index (χ4v) is 4.98. The Balaban J connectivity index is 1.31. The minimum absolute atomic E-state index is 0.110. The molecule has 0 unspecified atom stereocenters. The van der Waals surface area contributed by atoms with Gasteiger partial charge in [0.1, 0.15) is 11.6 Å². The van der Waals surface area contributed by atoms with Gasteiger partial charge in [0.2, 0.25) is 5.95 Å². The normalized spacial score (nSPS) is 16.0. The van der Waals surface area contributed by atoms with Gasteiger partial charge in [-0.25, -0.2) is 9.37 Å². The maximum absolute atomic E-state index is 13.3. The largest absolute Gasteiger partial charge is 0.368 e. The summed E-state index contributed by atoms with van der Waals surface area (Å²) in [6.07, 6.45) is 0.831. The molecule has 10 heteroatoms. The van der Waals surface area contributed by atoms with Crippen LogP contribution in [-0.4, -0.2) is 66.1 Å². The lowest BCUT2D eigenvalue weighted by Crippen LogP contribution is -2.47. The monoisotopic (exact) mass is 505 g/mol. The lowest BCUT2D eigenvalue weighted by molar-refractivity contribution is -0.384. The predicted molar refractivity (Wildman–Crippen MR) is 143 cm³/mol. The van der Waals surface area contributed by atoms with Gasteiger partial charge < -0.3 is 14.7 Å². The van der Waals surface area contributed by atoms with Gasteiger partial charge in [-0.05, 0) is 36.8 Å². The molecule has 194 valence electrons. The van der Waals surface area contributed by atoms with E-state index in [9.17, 15) is 14.5 Å². The van der Waals surface area contributed by atoms with Crippen LogP contribution in [0.1, 0.15) is 23.7 Å². The number of rotatable bonds is 7. The van der Waals surface area contributed by atoms with Crippen molar-refractivity contribution in [1.29, 1.82) is 0 Å². The number of fused-ring (bicyclic) bond motifs is 1. The molecule has 3 aromatic rings. The van der Waals surface area contributed by atoms with Gasteiger partial charge in [-0.15, -0.1) is 0 Å². The van der Waals surface area contributed by atoms with Crippen LogP contribution in [0.15, 0.2) is 48.5 Å². The van der Waals surface area contributed by atoms with Crippen molar-refractivity contribution in [3.05, 3.63) is 81.3 Å². The van der Waals surface area contributed by atoms with Crippen molar-refractivity contribution in [2.24, 2.45) is 0 Å². The summed E-state index contributed by atoms with van der Waals surface area (Å²) in [6.45, 7) is 8.55. The lowest BCUT2D eigenvalue weighted by Gasteiger charge is -2.37. The Morgan fingerprint density at radius 1 is 0.973 bits per heavy atom. The summed E-state index contributed by atoms with van der Waals surface area (Å²) in [5, 5.41) is 11.0. The topological polar surface area (TPSA) is 81.9 Å². The SMILES string of the molecule is CCN(C)c1nc(N2CCN(c3ccc(F)cc3)CC2)nc2c1CN(Cc1ccc([N+](=O)[O-])cc1)CC2. The second kappa shape index (κ2) is 10.7. The minimum Gasteiger partial charge on any atom is -0.368 e. The smallest absolute Gasteiger partial charge is 0.269 e. The molecule has 0 amide bonds. The highest BCUT2D eigenvalue weighted by Crippen LogP contribution is 2.30. The number of benzene rings is 2. The van der Waals surface area contributed by atoms with Gasteiger partial charge in [-0.3, -0.25) is 15.0 Å². The zero-order valence-electron chi connectivity index (χ0n) is 21.3. The average molecular weight is 506 g/mol. The summed E-state index contributed by atoms with van der Waals surface area (Å²) < 4.78 is 13.3. The van der Waals surface area contributed by atoms with E-state index in [2.05, 4.69) is 33.6 Å². The second-order valence-corrected chi connectivity index (χ2v) is 9.62. The number of anilines is 3. The molecule has 9 nitrogen and oxygen atoms in total. The molecular weight excluding hydrogens is 473 g/mol. The van der Waals surface area contributed by atoms with E-state index >= 15 is 0 Å². The molecule has 0 aliphatic carbocycles. The van der Waals surface area contributed by atoms with Crippen molar-refractivity contribution in [2.45, 2.75) is 26.4 Å². The van der Waals surface area contributed by atoms with Gasteiger partial charge >= 0.3 is 0 Å². The van der Waals surface area contributed by atoms with Gasteiger partial charge in [0.05, 0.1) is 10.6 Å². The maximum atomic E-state index is 13.3. The van der Waals surface area contributed by atoms with Gasteiger partial charge in [-0.1, -0.05) is 12.1 Å². The van der Waals surface area contributed by atoms with Crippen LogP contribution in [0.4, 0.5) is 27.5 Å². The fourth-order valence-electron chi connectivity index (χ4n) is 4.98. The highest BCUT2D eigenvalue weighted by Gasteiger charge is 2.27. The first kappa shape index (κ1) is 24.9. The quantitative estimate of drug-likeness (QED) is 0.354. The first-order chi connectivity index (χ1) is 17.9. The molecule has 0 bridgehead atoms. The van der Waals surface area contributed by atoms with E-state index in [4.69, 9.17) is 9.97 Å². The number of non-ortho nitro benzene ring substituents is 1. The van der Waals surface area contributed by atoms with Crippen molar-refractivity contribution in [3.8, 4) is 0 Å². The highest BCUT2D eigenvalue weighted by atomic mass is 19.1. The first-order valence-corrected chi connectivity index (χ1v) is 12.7. The number of halogens is 1. The molecule has 0 N–H and O–H groups in total. The van der Waals surface area contributed by atoms with E-state index in [0.717, 1.165) is 93.1 Å². The minimum atomic E-state index is -0.370. The van der Waals surface area contributed by atoms with E-state index in [-0.39, 0.29) is 16.4 Å². The summed E-state index contributed by atoms with van der Waals surface area (Å²) in [4.78, 5) is 29.7. The molecule has 0 saturated carbocycles. The van der Waals surface area contributed by atoms with Crippen LogP contribution in [0, 0.1) is 15.9 Å². The number of hydrogen-bond acceptors (Lipinski definition) is 8. The van der Waals surface area contributed by atoms with Gasteiger partial charge in [-0.2, -0.15) is 4.98 Å². The molecule has 2 aromatic carbocycles. The maximum Gasteiger partial charge on any atom is 0.269 e. The van der Waals surface area contributed by atoms with Crippen LogP contribution in [-0.2, 0) is 19.5 Å². The second-order valence-electron chi connectivity index (χ2n) is 9.62. The van der Waals surface area contributed by atoms with Gasteiger partial charge in [0, 0.05) is 89.2 Å². The molecule has 1 aromatic heterocycles. The van der Waals surface area contributed by atoms with Crippen molar-refractivity contribution >= 4 is 23.1 Å². The molecule has 5 rings (SSSR count). The number of piperazine rings is 1. The molecule has 1 saturated heterocycles. The van der Waals surface area contributed by atoms with E-state index in [1.54, 1.807) is 12.1 Å². The molecule has 0 atom stereocenters.